The molecule has 1 fully saturated rings. The van der Waals surface area contributed by atoms with E-state index in [9.17, 15) is 4.79 Å². The number of rotatable bonds is 8. The number of benzene rings is 1. The van der Waals surface area contributed by atoms with Gasteiger partial charge in [0.25, 0.3) is 0 Å². The van der Waals surface area contributed by atoms with Crippen LogP contribution in [0.15, 0.2) is 18.2 Å². The molecule has 0 bridgehead atoms. The van der Waals surface area contributed by atoms with E-state index in [4.69, 9.17) is 9.47 Å². The molecule has 4 nitrogen and oxygen atoms in total. The van der Waals surface area contributed by atoms with Crippen LogP contribution < -0.4 is 9.47 Å². The molecule has 1 heterocycles. The molecule has 0 spiro atoms. The van der Waals surface area contributed by atoms with Crippen LogP contribution in [0.4, 0.5) is 0 Å². The quantitative estimate of drug-likeness (QED) is 0.691. The van der Waals surface area contributed by atoms with Gasteiger partial charge in [0.05, 0.1) is 14.2 Å². The lowest BCUT2D eigenvalue weighted by Crippen LogP contribution is -2.35. The summed E-state index contributed by atoms with van der Waals surface area (Å²) in [7, 11) is 3.33. The fourth-order valence-electron chi connectivity index (χ4n) is 3.17. The Morgan fingerprint density at radius 2 is 2.12 bits per heavy atom. The molecule has 134 valence electrons. The minimum absolute atomic E-state index is 0.0122. The number of amides is 1. The molecule has 5 heteroatoms. The first kappa shape index (κ1) is 19.0. The summed E-state index contributed by atoms with van der Waals surface area (Å²) in [6.45, 7) is 5.09. The van der Waals surface area contributed by atoms with Gasteiger partial charge in [0.15, 0.2) is 0 Å². The number of hydrogen-bond donors (Lipinski definition) is 0. The highest BCUT2D eigenvalue weighted by atomic mass is 32.2. The molecule has 0 unspecified atom stereocenters. The van der Waals surface area contributed by atoms with Crippen LogP contribution in [0.25, 0.3) is 0 Å². The van der Waals surface area contributed by atoms with E-state index in [-0.39, 0.29) is 17.2 Å². The van der Waals surface area contributed by atoms with E-state index in [2.05, 4.69) is 13.8 Å². The van der Waals surface area contributed by atoms with E-state index >= 15 is 0 Å². The Bertz CT molecular complexity index is 549. The van der Waals surface area contributed by atoms with E-state index in [0.29, 0.717) is 0 Å². The molecule has 1 aromatic rings. The molecule has 0 saturated carbocycles. The summed E-state index contributed by atoms with van der Waals surface area (Å²) in [4.78, 5) is 15.1. The van der Waals surface area contributed by atoms with Gasteiger partial charge in [0.1, 0.15) is 16.9 Å². The number of nitrogens with zero attached hydrogens (tertiary/aromatic N) is 1. The predicted molar refractivity (Wildman–Crippen MR) is 99.8 cm³/mol. The monoisotopic (exact) mass is 351 g/mol. The molecule has 2 rings (SSSR count). The van der Waals surface area contributed by atoms with Crippen molar-refractivity contribution in [3.63, 3.8) is 0 Å². The van der Waals surface area contributed by atoms with E-state index in [1.165, 1.54) is 0 Å². The molecule has 0 aromatic heterocycles. The van der Waals surface area contributed by atoms with Crippen molar-refractivity contribution in [3.05, 3.63) is 23.8 Å². The molecule has 2 atom stereocenters. The van der Waals surface area contributed by atoms with Gasteiger partial charge >= 0.3 is 0 Å². The Balaban J connectivity index is 2.25. The van der Waals surface area contributed by atoms with Crippen molar-refractivity contribution in [2.24, 2.45) is 5.92 Å². The first-order chi connectivity index (χ1) is 11.7. The van der Waals surface area contributed by atoms with Crippen LogP contribution in [0.3, 0.4) is 0 Å². The Labute approximate surface area is 149 Å². The van der Waals surface area contributed by atoms with Gasteiger partial charge in [-0.3, -0.25) is 4.79 Å². The highest BCUT2D eigenvalue weighted by Crippen LogP contribution is 2.44. The zero-order valence-electron chi connectivity index (χ0n) is 15.2. The highest BCUT2D eigenvalue weighted by Gasteiger charge is 2.35. The molecule has 1 saturated heterocycles. The number of carbonyl (C=O) groups is 1. The lowest BCUT2D eigenvalue weighted by molar-refractivity contribution is -0.136. The Hall–Kier alpha value is -1.36. The summed E-state index contributed by atoms with van der Waals surface area (Å²) in [5.74, 6) is 2.98. The van der Waals surface area contributed by atoms with Gasteiger partial charge < -0.3 is 14.4 Å². The number of methoxy groups -OCH3 is 2. The third-order valence-electron chi connectivity index (χ3n) is 4.63. The number of hydrogen-bond acceptors (Lipinski definition) is 4. The van der Waals surface area contributed by atoms with Gasteiger partial charge in [-0.2, -0.15) is 0 Å². The van der Waals surface area contributed by atoms with Crippen LogP contribution in [0.1, 0.15) is 50.5 Å². The molecule has 24 heavy (non-hydrogen) atoms. The standard InChI is InChI=1S/C19H29NO3S/c1-5-7-8-14(6-2)18(21)20-11-12-24-19(20)16-13-15(22-3)9-10-17(16)23-4/h9-10,13-14,19H,5-8,11-12H2,1-4H3/t14-,19-/m1/s1. The number of unbranched alkanes of at least 4 members (excludes halogenated alkanes) is 1. The second-order valence-electron chi connectivity index (χ2n) is 6.11. The second-order valence-corrected chi connectivity index (χ2v) is 7.30. The van der Waals surface area contributed by atoms with Gasteiger partial charge in [-0.05, 0) is 31.0 Å². The zero-order chi connectivity index (χ0) is 17.5. The van der Waals surface area contributed by atoms with Crippen molar-refractivity contribution in [2.75, 3.05) is 26.5 Å². The summed E-state index contributed by atoms with van der Waals surface area (Å²) in [5, 5.41) is 0.0122. The smallest absolute Gasteiger partial charge is 0.226 e. The maximum atomic E-state index is 13.1. The molecular weight excluding hydrogens is 322 g/mol. The van der Waals surface area contributed by atoms with Crippen molar-refractivity contribution in [1.82, 2.24) is 4.90 Å². The average molecular weight is 352 g/mol. The van der Waals surface area contributed by atoms with Gasteiger partial charge in [-0.25, -0.2) is 0 Å². The van der Waals surface area contributed by atoms with E-state index in [1.54, 1.807) is 26.0 Å². The van der Waals surface area contributed by atoms with Crippen molar-refractivity contribution in [3.8, 4) is 11.5 Å². The number of carbonyl (C=O) groups excluding carboxylic acids is 1. The van der Waals surface area contributed by atoms with Gasteiger partial charge in [0.2, 0.25) is 5.91 Å². The van der Waals surface area contributed by atoms with Crippen LogP contribution in [-0.2, 0) is 4.79 Å². The number of ether oxygens (including phenoxy) is 2. The van der Waals surface area contributed by atoms with Crippen LogP contribution in [0.2, 0.25) is 0 Å². The van der Waals surface area contributed by atoms with Crippen LogP contribution >= 0.6 is 11.8 Å². The molecule has 0 aliphatic carbocycles. The van der Waals surface area contributed by atoms with Gasteiger partial charge in [-0.15, -0.1) is 11.8 Å². The van der Waals surface area contributed by atoms with Crippen molar-refractivity contribution >= 4 is 17.7 Å². The molecular formula is C19H29NO3S. The van der Waals surface area contributed by atoms with Gasteiger partial charge in [-0.1, -0.05) is 26.7 Å². The van der Waals surface area contributed by atoms with Crippen LogP contribution in [0.5, 0.6) is 11.5 Å². The Morgan fingerprint density at radius 1 is 1.33 bits per heavy atom. The zero-order valence-corrected chi connectivity index (χ0v) is 16.0. The third kappa shape index (κ3) is 4.18. The highest BCUT2D eigenvalue weighted by molar-refractivity contribution is 7.99. The summed E-state index contributed by atoms with van der Waals surface area (Å²) in [6, 6.07) is 5.81. The maximum Gasteiger partial charge on any atom is 0.226 e. The molecule has 0 N–H and O–H groups in total. The normalized spacial score (nSPS) is 18.5. The molecule has 1 aromatic carbocycles. The Morgan fingerprint density at radius 3 is 2.75 bits per heavy atom. The lowest BCUT2D eigenvalue weighted by Gasteiger charge is -2.29. The summed E-state index contributed by atoms with van der Waals surface area (Å²) in [5.41, 5.74) is 1.03. The second kappa shape index (κ2) is 9.21. The van der Waals surface area contributed by atoms with Crippen molar-refractivity contribution in [2.45, 2.75) is 44.9 Å². The first-order valence-corrected chi connectivity index (χ1v) is 9.85. The summed E-state index contributed by atoms with van der Waals surface area (Å²) < 4.78 is 10.9. The summed E-state index contributed by atoms with van der Waals surface area (Å²) in [6.07, 6.45) is 4.13. The van der Waals surface area contributed by atoms with Gasteiger partial charge in [0, 0.05) is 23.8 Å². The predicted octanol–water partition coefficient (Wildman–Crippen LogP) is 4.49. The minimum atomic E-state index is 0.0122. The van der Waals surface area contributed by atoms with Crippen LogP contribution in [0, 0.1) is 5.92 Å². The Kier molecular flexibility index (Phi) is 7.28. The molecule has 1 amide bonds. The van der Waals surface area contributed by atoms with Crippen LogP contribution in [-0.4, -0.2) is 37.3 Å². The maximum absolute atomic E-state index is 13.1. The fraction of sp³-hybridized carbons (Fsp3) is 0.632. The SMILES string of the molecule is CCCC[C@@H](CC)C(=O)N1CCS[C@@H]1c1cc(OC)ccc1OC. The third-order valence-corrected chi connectivity index (χ3v) is 5.87. The van der Waals surface area contributed by atoms with E-state index in [1.807, 2.05) is 23.1 Å². The summed E-state index contributed by atoms with van der Waals surface area (Å²) >= 11 is 1.80. The fourth-order valence-corrected chi connectivity index (χ4v) is 4.45. The topological polar surface area (TPSA) is 38.8 Å². The van der Waals surface area contributed by atoms with Crippen molar-refractivity contribution < 1.29 is 14.3 Å². The molecule has 1 aliphatic heterocycles. The average Bonchev–Trinajstić information content (AvgIpc) is 3.11. The first-order valence-electron chi connectivity index (χ1n) is 8.80. The lowest BCUT2D eigenvalue weighted by atomic mass is 9.97. The van der Waals surface area contributed by atoms with E-state index in [0.717, 1.165) is 55.0 Å². The molecule has 1 aliphatic rings. The largest absolute Gasteiger partial charge is 0.497 e. The number of thioether (sulfide) groups is 1. The van der Waals surface area contributed by atoms with Crippen molar-refractivity contribution in [1.29, 1.82) is 0 Å². The van der Waals surface area contributed by atoms with E-state index < -0.39 is 0 Å². The minimum Gasteiger partial charge on any atom is -0.497 e. The molecule has 0 radical (unpaired) electrons.